The van der Waals surface area contributed by atoms with Gasteiger partial charge in [-0.25, -0.2) is 4.79 Å². The van der Waals surface area contributed by atoms with Gasteiger partial charge in [0.2, 0.25) is 5.91 Å². The normalized spacial score (nSPS) is 12.4. The van der Waals surface area contributed by atoms with Gasteiger partial charge in [-0.3, -0.25) is 9.59 Å². The SMILES string of the molecule is Cc1cc(C(C(=O)Nc2c(C)cccc2C)N(CC#N)C(=O)C(Cc2ccccc2)NC(=O)OC(C)(C)C)ccc1O. The Morgan fingerprint density at radius 3 is 2.17 bits per heavy atom. The maximum absolute atomic E-state index is 14.3. The van der Waals surface area contributed by atoms with Crippen LogP contribution >= 0.6 is 0 Å². The molecule has 3 aromatic carbocycles. The Bertz CT molecular complexity index is 1450. The van der Waals surface area contributed by atoms with Crippen LogP contribution in [0, 0.1) is 32.1 Å². The maximum atomic E-state index is 14.3. The first-order valence-electron chi connectivity index (χ1n) is 13.7. The van der Waals surface area contributed by atoms with E-state index in [9.17, 15) is 24.8 Å². The molecule has 42 heavy (non-hydrogen) atoms. The minimum Gasteiger partial charge on any atom is -0.508 e. The van der Waals surface area contributed by atoms with Crippen LogP contribution in [0.25, 0.3) is 0 Å². The lowest BCUT2D eigenvalue weighted by molar-refractivity contribution is -0.140. The molecule has 220 valence electrons. The minimum atomic E-state index is -1.26. The average Bonchev–Trinajstić information content (AvgIpc) is 2.91. The molecule has 0 saturated heterocycles. The molecule has 0 saturated carbocycles. The van der Waals surface area contributed by atoms with E-state index < -0.39 is 42.1 Å². The van der Waals surface area contributed by atoms with Crippen molar-refractivity contribution in [2.24, 2.45) is 0 Å². The smallest absolute Gasteiger partial charge is 0.408 e. The summed E-state index contributed by atoms with van der Waals surface area (Å²) in [7, 11) is 0. The van der Waals surface area contributed by atoms with Crippen molar-refractivity contribution < 1.29 is 24.2 Å². The lowest BCUT2D eigenvalue weighted by Crippen LogP contribution is -2.53. The summed E-state index contributed by atoms with van der Waals surface area (Å²) in [5.74, 6) is -1.16. The molecule has 0 fully saturated rings. The maximum Gasteiger partial charge on any atom is 0.408 e. The summed E-state index contributed by atoms with van der Waals surface area (Å²) >= 11 is 0. The van der Waals surface area contributed by atoms with Crippen LogP contribution in [0.3, 0.4) is 0 Å². The first-order chi connectivity index (χ1) is 19.8. The Balaban J connectivity index is 2.09. The number of amides is 3. The number of rotatable bonds is 9. The molecule has 2 atom stereocenters. The molecular weight excluding hydrogens is 532 g/mol. The van der Waals surface area contributed by atoms with Crippen LogP contribution in [0.4, 0.5) is 10.5 Å². The number of benzene rings is 3. The number of ether oxygens (including phenoxy) is 1. The van der Waals surface area contributed by atoms with Crippen molar-refractivity contribution in [3.05, 3.63) is 94.5 Å². The second-order valence-electron chi connectivity index (χ2n) is 11.2. The van der Waals surface area contributed by atoms with Crippen molar-refractivity contribution in [3.8, 4) is 11.8 Å². The van der Waals surface area contributed by atoms with Crippen LogP contribution < -0.4 is 10.6 Å². The third kappa shape index (κ3) is 8.33. The van der Waals surface area contributed by atoms with E-state index in [0.29, 0.717) is 16.8 Å². The number of phenolic OH excluding ortho intramolecular Hbond substituents is 1. The number of carbonyl (C=O) groups is 3. The van der Waals surface area contributed by atoms with Gasteiger partial charge in [0, 0.05) is 12.1 Å². The van der Waals surface area contributed by atoms with Gasteiger partial charge in [-0.1, -0.05) is 54.6 Å². The zero-order chi connectivity index (χ0) is 31.0. The number of hydrogen-bond acceptors (Lipinski definition) is 6. The summed E-state index contributed by atoms with van der Waals surface area (Å²) in [6.45, 7) is 10.1. The van der Waals surface area contributed by atoms with Crippen molar-refractivity contribution in [1.82, 2.24) is 10.2 Å². The fourth-order valence-electron chi connectivity index (χ4n) is 4.60. The number of anilines is 1. The highest BCUT2D eigenvalue weighted by Gasteiger charge is 2.37. The third-order valence-electron chi connectivity index (χ3n) is 6.62. The van der Waals surface area contributed by atoms with Crippen molar-refractivity contribution >= 4 is 23.6 Å². The molecule has 3 aromatic rings. The first kappa shape index (κ1) is 31.7. The molecule has 0 radical (unpaired) electrons. The number of nitrogens with zero attached hydrogens (tertiary/aromatic N) is 2. The number of aryl methyl sites for hydroxylation is 3. The Kier molecular flexibility index (Phi) is 10.3. The van der Waals surface area contributed by atoms with Crippen molar-refractivity contribution in [1.29, 1.82) is 5.26 Å². The number of nitrogens with one attached hydrogen (secondary N) is 2. The Hall–Kier alpha value is -4.84. The third-order valence-corrected chi connectivity index (χ3v) is 6.62. The summed E-state index contributed by atoms with van der Waals surface area (Å²) in [4.78, 5) is 42.3. The minimum absolute atomic E-state index is 0.0272. The number of nitriles is 1. The highest BCUT2D eigenvalue weighted by Crippen LogP contribution is 2.29. The molecule has 0 aromatic heterocycles. The second-order valence-corrected chi connectivity index (χ2v) is 11.2. The summed E-state index contributed by atoms with van der Waals surface area (Å²) in [6, 6.07) is 18.9. The molecule has 0 aliphatic rings. The molecule has 0 spiro atoms. The summed E-state index contributed by atoms with van der Waals surface area (Å²) in [6.07, 6.45) is -0.702. The zero-order valence-electron chi connectivity index (χ0n) is 24.9. The zero-order valence-corrected chi connectivity index (χ0v) is 24.9. The highest BCUT2D eigenvalue weighted by molar-refractivity contribution is 6.00. The van der Waals surface area contributed by atoms with Gasteiger partial charge < -0.3 is 25.4 Å². The Morgan fingerprint density at radius 2 is 1.60 bits per heavy atom. The van der Waals surface area contributed by atoms with Gasteiger partial charge in [-0.2, -0.15) is 5.26 Å². The number of aromatic hydroxyl groups is 1. The van der Waals surface area contributed by atoms with Crippen LogP contribution in [0.5, 0.6) is 5.75 Å². The Labute approximate surface area is 247 Å². The highest BCUT2D eigenvalue weighted by atomic mass is 16.6. The monoisotopic (exact) mass is 570 g/mol. The van der Waals surface area contributed by atoms with E-state index >= 15 is 0 Å². The second kappa shape index (κ2) is 13.7. The summed E-state index contributed by atoms with van der Waals surface area (Å²) < 4.78 is 5.43. The number of carbonyl (C=O) groups excluding carboxylic acids is 3. The summed E-state index contributed by atoms with van der Waals surface area (Å²) in [5.41, 5.74) is 3.10. The number of alkyl carbamates (subject to hydrolysis) is 1. The van der Waals surface area contributed by atoms with Crippen molar-refractivity contribution in [3.63, 3.8) is 0 Å². The molecule has 9 nitrogen and oxygen atoms in total. The summed E-state index contributed by atoms with van der Waals surface area (Å²) in [5, 5.41) is 25.6. The molecule has 0 heterocycles. The van der Waals surface area contributed by atoms with Gasteiger partial charge in [-0.15, -0.1) is 0 Å². The lowest BCUT2D eigenvalue weighted by atomic mass is 9.98. The van der Waals surface area contributed by atoms with Crippen LogP contribution in [-0.4, -0.2) is 46.1 Å². The van der Waals surface area contributed by atoms with Gasteiger partial charge in [-0.05, 0) is 81.5 Å². The molecular formula is C33H38N4O5. The fourth-order valence-corrected chi connectivity index (χ4v) is 4.60. The van der Waals surface area contributed by atoms with E-state index in [2.05, 4.69) is 10.6 Å². The molecule has 2 unspecified atom stereocenters. The predicted octanol–water partition coefficient (Wildman–Crippen LogP) is 5.49. The quantitative estimate of drug-likeness (QED) is 0.292. The van der Waals surface area contributed by atoms with Gasteiger partial charge in [0.1, 0.15) is 30.0 Å². The van der Waals surface area contributed by atoms with Crippen LogP contribution in [0.15, 0.2) is 66.7 Å². The van der Waals surface area contributed by atoms with E-state index in [1.165, 1.54) is 6.07 Å². The van der Waals surface area contributed by atoms with E-state index in [1.807, 2.05) is 68.4 Å². The molecule has 0 aliphatic carbocycles. The lowest BCUT2D eigenvalue weighted by Gasteiger charge is -2.33. The van der Waals surface area contributed by atoms with Gasteiger partial charge in [0.25, 0.3) is 5.91 Å². The van der Waals surface area contributed by atoms with E-state index in [-0.39, 0.29) is 12.2 Å². The number of para-hydroxylation sites is 1. The van der Waals surface area contributed by atoms with Crippen LogP contribution in [0.2, 0.25) is 0 Å². The van der Waals surface area contributed by atoms with Crippen LogP contribution in [-0.2, 0) is 20.7 Å². The van der Waals surface area contributed by atoms with Gasteiger partial charge in [0.05, 0.1) is 6.07 Å². The van der Waals surface area contributed by atoms with Gasteiger partial charge in [0.15, 0.2) is 0 Å². The molecule has 0 aliphatic heterocycles. The van der Waals surface area contributed by atoms with Gasteiger partial charge >= 0.3 is 6.09 Å². The topological polar surface area (TPSA) is 132 Å². The number of phenols is 1. The van der Waals surface area contributed by atoms with E-state index in [4.69, 9.17) is 4.74 Å². The first-order valence-corrected chi connectivity index (χ1v) is 13.7. The molecule has 0 bridgehead atoms. The van der Waals surface area contributed by atoms with Crippen molar-refractivity contribution in [2.45, 2.75) is 65.6 Å². The van der Waals surface area contributed by atoms with E-state index in [0.717, 1.165) is 21.6 Å². The molecule has 3 amide bonds. The molecule has 9 heteroatoms. The van der Waals surface area contributed by atoms with E-state index in [1.54, 1.807) is 39.8 Å². The molecule has 3 N–H and O–H groups in total. The largest absolute Gasteiger partial charge is 0.508 e. The van der Waals surface area contributed by atoms with Crippen LogP contribution in [0.1, 0.15) is 54.6 Å². The standard InChI is InChI=1S/C33H38N4O5/c1-21-11-10-12-22(2)28(21)36-30(39)29(25-15-16-27(38)23(3)19-25)37(18-17-34)31(40)26(20-24-13-8-7-9-14-24)35-32(41)42-33(4,5)6/h7-16,19,26,29,38H,18,20H2,1-6H3,(H,35,41)(H,36,39). The predicted molar refractivity (Wildman–Crippen MR) is 161 cm³/mol. The van der Waals surface area contributed by atoms with Crippen molar-refractivity contribution in [2.75, 3.05) is 11.9 Å². The molecule has 3 rings (SSSR count). The fraction of sp³-hybridized carbons (Fsp3) is 0.333. The Morgan fingerprint density at radius 1 is 0.952 bits per heavy atom. The number of hydrogen-bond donors (Lipinski definition) is 3. The average molecular weight is 571 g/mol.